The van der Waals surface area contributed by atoms with Gasteiger partial charge >= 0.3 is 6.09 Å². The molecule has 3 aliphatic heterocycles. The van der Waals surface area contributed by atoms with Crippen molar-refractivity contribution in [2.24, 2.45) is 0 Å². The van der Waals surface area contributed by atoms with Gasteiger partial charge < -0.3 is 29.3 Å². The van der Waals surface area contributed by atoms with Crippen LogP contribution in [0.2, 0.25) is 5.02 Å². The third-order valence-electron chi connectivity index (χ3n) is 6.64. The molecular formula is C26H30ClFN4O5S. The molecule has 2 fully saturated rings. The van der Waals surface area contributed by atoms with Crippen LogP contribution in [-0.4, -0.2) is 94.4 Å². The number of hydrogen-bond acceptors (Lipinski definition) is 8. The minimum absolute atomic E-state index is 0.0114. The highest BCUT2D eigenvalue weighted by molar-refractivity contribution is 7.99. The van der Waals surface area contributed by atoms with Crippen molar-refractivity contribution in [2.75, 3.05) is 55.7 Å². The lowest BCUT2D eigenvalue weighted by Crippen LogP contribution is -2.58. The van der Waals surface area contributed by atoms with Crippen molar-refractivity contribution in [3.63, 3.8) is 0 Å². The van der Waals surface area contributed by atoms with E-state index in [1.54, 1.807) is 42.3 Å². The highest BCUT2D eigenvalue weighted by atomic mass is 35.5. The first-order valence-electron chi connectivity index (χ1n) is 12.5. The smallest absolute Gasteiger partial charge is 0.410 e. The van der Waals surface area contributed by atoms with E-state index < -0.39 is 23.6 Å². The predicted molar refractivity (Wildman–Crippen MR) is 144 cm³/mol. The Kier molecular flexibility index (Phi) is 7.25. The van der Waals surface area contributed by atoms with E-state index in [0.717, 1.165) is 11.5 Å². The fourth-order valence-electron chi connectivity index (χ4n) is 4.86. The minimum atomic E-state index is -0.690. The lowest BCUT2D eigenvalue weighted by Gasteiger charge is -2.40. The van der Waals surface area contributed by atoms with Crippen LogP contribution in [0.3, 0.4) is 0 Å². The average Bonchev–Trinajstić information content (AvgIpc) is 3.01. The molecule has 38 heavy (non-hydrogen) atoms. The summed E-state index contributed by atoms with van der Waals surface area (Å²) in [6, 6.07) is 3.52. The number of ether oxygens (including phenoxy) is 2. The molecular weight excluding hydrogens is 535 g/mol. The minimum Gasteiger partial charge on any atom is -0.507 e. The van der Waals surface area contributed by atoms with Crippen LogP contribution in [0, 0.1) is 5.82 Å². The van der Waals surface area contributed by atoms with Crippen LogP contribution in [0.1, 0.15) is 31.1 Å². The Hall–Kier alpha value is -2.92. The molecule has 0 unspecified atom stereocenters. The van der Waals surface area contributed by atoms with E-state index in [4.69, 9.17) is 21.1 Å². The number of fused-ring (bicyclic) bond motifs is 2. The number of piperazine rings is 1. The van der Waals surface area contributed by atoms with Crippen LogP contribution in [0.25, 0.3) is 11.3 Å². The van der Waals surface area contributed by atoms with Crippen molar-refractivity contribution >= 4 is 41.2 Å². The summed E-state index contributed by atoms with van der Waals surface area (Å²) in [5.41, 5.74) is -0.565. The maximum atomic E-state index is 14.9. The molecule has 1 N–H and O–H groups in total. The summed E-state index contributed by atoms with van der Waals surface area (Å²) < 4.78 is 26.6. The number of amides is 2. The number of aromatic hydroxyl groups is 1. The summed E-state index contributed by atoms with van der Waals surface area (Å²) in [6.45, 7) is 7.58. The average molecular weight is 565 g/mol. The molecule has 0 spiro atoms. The highest BCUT2D eigenvalue weighted by Gasteiger charge is 2.41. The molecule has 0 saturated carbocycles. The van der Waals surface area contributed by atoms with Gasteiger partial charge in [0, 0.05) is 44.2 Å². The number of thioether (sulfide) groups is 1. The maximum Gasteiger partial charge on any atom is 0.410 e. The number of halogens is 2. The largest absolute Gasteiger partial charge is 0.507 e. The predicted octanol–water partition coefficient (Wildman–Crippen LogP) is 4.25. The Morgan fingerprint density at radius 2 is 1.95 bits per heavy atom. The van der Waals surface area contributed by atoms with Crippen molar-refractivity contribution < 1.29 is 28.6 Å². The highest BCUT2D eigenvalue weighted by Crippen LogP contribution is 2.46. The first kappa shape index (κ1) is 26.7. The monoisotopic (exact) mass is 564 g/mol. The van der Waals surface area contributed by atoms with Crippen LogP contribution < -0.4 is 9.64 Å². The Bertz CT molecular complexity index is 1250. The number of hydrogen-bond donors (Lipinski definition) is 1. The quantitative estimate of drug-likeness (QED) is 0.578. The number of rotatable bonds is 2. The molecule has 4 heterocycles. The molecule has 2 amide bonds. The first-order valence-corrected chi connectivity index (χ1v) is 14.0. The summed E-state index contributed by atoms with van der Waals surface area (Å²) in [4.78, 5) is 36.7. The van der Waals surface area contributed by atoms with Gasteiger partial charge in [0.1, 0.15) is 45.9 Å². The van der Waals surface area contributed by atoms with Crippen LogP contribution in [0.5, 0.6) is 11.5 Å². The maximum absolute atomic E-state index is 14.9. The van der Waals surface area contributed by atoms with Gasteiger partial charge in [0.15, 0.2) is 5.75 Å². The molecule has 0 aliphatic carbocycles. The third kappa shape index (κ3) is 5.05. The van der Waals surface area contributed by atoms with Gasteiger partial charge in [0.25, 0.3) is 5.91 Å². The second kappa shape index (κ2) is 10.3. The SMILES string of the molecule is CC(C)(C)OC(=O)N1CCN2C(=O)c3c(N4CCSCC4)nc(-c4c(O)cccc4F)c(Cl)c3OC[C@H]2C1. The van der Waals surface area contributed by atoms with Gasteiger partial charge in [-0.25, -0.2) is 14.2 Å². The Morgan fingerprint density at radius 3 is 2.63 bits per heavy atom. The molecule has 5 rings (SSSR count). The molecule has 3 aliphatic rings. The van der Waals surface area contributed by atoms with Gasteiger partial charge in [-0.05, 0) is 32.9 Å². The second-order valence-corrected chi connectivity index (χ2v) is 12.0. The fourth-order valence-corrected chi connectivity index (χ4v) is 6.04. The zero-order chi connectivity index (χ0) is 27.2. The van der Waals surface area contributed by atoms with Gasteiger partial charge in [0.2, 0.25) is 0 Å². The van der Waals surface area contributed by atoms with Crippen molar-refractivity contribution in [1.82, 2.24) is 14.8 Å². The zero-order valence-corrected chi connectivity index (χ0v) is 23.1. The summed E-state index contributed by atoms with van der Waals surface area (Å²) in [6.07, 6.45) is -0.449. The lowest BCUT2D eigenvalue weighted by molar-refractivity contribution is 0.000955. The van der Waals surface area contributed by atoms with Crippen molar-refractivity contribution in [1.29, 1.82) is 0 Å². The van der Waals surface area contributed by atoms with Crippen LogP contribution in [0.15, 0.2) is 18.2 Å². The van der Waals surface area contributed by atoms with Crippen LogP contribution >= 0.6 is 23.4 Å². The Balaban J connectivity index is 1.57. The van der Waals surface area contributed by atoms with Crippen LogP contribution in [-0.2, 0) is 4.74 Å². The molecule has 0 radical (unpaired) electrons. The summed E-state index contributed by atoms with van der Waals surface area (Å²) in [5.74, 6) is 0.823. The van der Waals surface area contributed by atoms with E-state index in [9.17, 15) is 19.1 Å². The van der Waals surface area contributed by atoms with E-state index >= 15 is 0 Å². The number of carbonyl (C=O) groups excluding carboxylic acids is 2. The van der Waals surface area contributed by atoms with E-state index in [-0.39, 0.29) is 58.9 Å². The lowest BCUT2D eigenvalue weighted by atomic mass is 10.1. The molecule has 2 saturated heterocycles. The van der Waals surface area contributed by atoms with Gasteiger partial charge in [-0.15, -0.1) is 0 Å². The Morgan fingerprint density at radius 1 is 1.21 bits per heavy atom. The molecule has 12 heteroatoms. The van der Waals surface area contributed by atoms with Crippen molar-refractivity contribution in [3.8, 4) is 22.8 Å². The third-order valence-corrected chi connectivity index (χ3v) is 7.94. The van der Waals surface area contributed by atoms with Gasteiger partial charge in [-0.3, -0.25) is 4.79 Å². The standard InChI is InChI=1S/C26H30ClFN4O5S/c1-26(2,3)37-25(35)31-7-8-32-15(13-31)14-36-22-19(24(32)34)23(30-9-11-38-12-10-30)29-21(20(22)27)18-16(28)5-4-6-17(18)33/h4-6,15,33H,7-14H2,1-3H3/t15-/m1/s1. The summed E-state index contributed by atoms with van der Waals surface area (Å²) >= 11 is 8.56. The number of anilines is 1. The van der Waals surface area contributed by atoms with Gasteiger partial charge in [-0.2, -0.15) is 11.8 Å². The van der Waals surface area contributed by atoms with E-state index in [1.807, 2.05) is 4.90 Å². The van der Waals surface area contributed by atoms with E-state index in [1.165, 1.54) is 18.2 Å². The number of aromatic nitrogens is 1. The number of phenols is 1. The first-order chi connectivity index (χ1) is 18.0. The van der Waals surface area contributed by atoms with Crippen LogP contribution in [0.4, 0.5) is 15.0 Å². The van der Waals surface area contributed by atoms with Gasteiger partial charge in [-0.1, -0.05) is 17.7 Å². The number of benzene rings is 1. The number of pyridine rings is 1. The molecule has 204 valence electrons. The molecule has 2 aromatic rings. The topological polar surface area (TPSA) is 95.4 Å². The molecule has 9 nitrogen and oxygen atoms in total. The number of carbonyl (C=O) groups is 2. The number of phenolic OH excluding ortho intramolecular Hbond substituents is 1. The number of nitrogens with zero attached hydrogens (tertiary/aromatic N) is 4. The normalized spacial score (nSPS) is 19.9. The van der Waals surface area contributed by atoms with Crippen molar-refractivity contribution in [2.45, 2.75) is 32.4 Å². The molecule has 1 atom stereocenters. The fraction of sp³-hybridized carbons (Fsp3) is 0.500. The van der Waals surface area contributed by atoms with E-state index in [0.29, 0.717) is 25.5 Å². The van der Waals surface area contributed by atoms with Gasteiger partial charge in [0.05, 0.1) is 11.6 Å². The zero-order valence-electron chi connectivity index (χ0n) is 21.5. The molecule has 1 aromatic carbocycles. The molecule has 1 aromatic heterocycles. The van der Waals surface area contributed by atoms with E-state index in [2.05, 4.69) is 4.98 Å². The Labute approximate surface area is 229 Å². The second-order valence-electron chi connectivity index (χ2n) is 10.4. The molecule has 0 bridgehead atoms. The summed E-state index contributed by atoms with van der Waals surface area (Å²) in [5, 5.41) is 10.4. The van der Waals surface area contributed by atoms with Crippen molar-refractivity contribution in [3.05, 3.63) is 34.6 Å². The summed E-state index contributed by atoms with van der Waals surface area (Å²) in [7, 11) is 0.